The third-order valence-corrected chi connectivity index (χ3v) is 4.50. The fourth-order valence-electron chi connectivity index (χ4n) is 3.10. The molecule has 0 radical (unpaired) electrons. The standard InChI is InChI=1S/C21H23N3O3/c1-13-21(14(2)24(23-13)17-8-6-5-7-9-17)22-20(26)11-10-18-12-19(15(3)25)16(4)27-18/h5-9,12H,10-11H2,1-4H3,(H,22,26). The summed E-state index contributed by atoms with van der Waals surface area (Å²) in [6.45, 7) is 7.06. The highest BCUT2D eigenvalue weighted by molar-refractivity contribution is 5.95. The van der Waals surface area contributed by atoms with Gasteiger partial charge in [-0.25, -0.2) is 4.68 Å². The molecule has 140 valence electrons. The van der Waals surface area contributed by atoms with Crippen LogP contribution in [0, 0.1) is 20.8 Å². The molecule has 0 saturated heterocycles. The first-order valence-corrected chi connectivity index (χ1v) is 8.88. The van der Waals surface area contributed by atoms with Crippen molar-refractivity contribution in [2.45, 2.75) is 40.5 Å². The van der Waals surface area contributed by atoms with Gasteiger partial charge in [0.05, 0.1) is 28.3 Å². The minimum atomic E-state index is -0.118. The van der Waals surface area contributed by atoms with Gasteiger partial charge in [0.2, 0.25) is 5.91 Å². The number of ketones is 1. The lowest BCUT2D eigenvalue weighted by Crippen LogP contribution is -2.13. The highest BCUT2D eigenvalue weighted by Crippen LogP contribution is 2.23. The van der Waals surface area contributed by atoms with Crippen molar-refractivity contribution < 1.29 is 14.0 Å². The van der Waals surface area contributed by atoms with Crippen LogP contribution in [0.5, 0.6) is 0 Å². The number of amides is 1. The number of carbonyl (C=O) groups excluding carboxylic acids is 2. The Morgan fingerprint density at radius 2 is 1.85 bits per heavy atom. The van der Waals surface area contributed by atoms with E-state index in [1.807, 2.05) is 48.9 Å². The molecule has 1 N–H and O–H groups in total. The molecular weight excluding hydrogens is 342 g/mol. The Hall–Kier alpha value is -3.15. The Labute approximate surface area is 158 Å². The fourth-order valence-corrected chi connectivity index (χ4v) is 3.10. The molecule has 0 aliphatic carbocycles. The lowest BCUT2D eigenvalue weighted by atomic mass is 10.1. The second-order valence-electron chi connectivity index (χ2n) is 6.58. The van der Waals surface area contributed by atoms with Gasteiger partial charge in [0, 0.05) is 12.8 Å². The van der Waals surface area contributed by atoms with Crippen molar-refractivity contribution >= 4 is 17.4 Å². The van der Waals surface area contributed by atoms with Crippen molar-refractivity contribution in [3.05, 3.63) is 64.9 Å². The molecule has 3 rings (SSSR count). The van der Waals surface area contributed by atoms with Crippen molar-refractivity contribution in [2.24, 2.45) is 0 Å². The number of hydrogen-bond donors (Lipinski definition) is 1. The number of rotatable bonds is 6. The summed E-state index contributed by atoms with van der Waals surface area (Å²) in [7, 11) is 0. The maximum absolute atomic E-state index is 12.4. The zero-order valence-corrected chi connectivity index (χ0v) is 16.0. The van der Waals surface area contributed by atoms with Crippen LogP contribution >= 0.6 is 0 Å². The zero-order valence-electron chi connectivity index (χ0n) is 16.0. The predicted molar refractivity (Wildman–Crippen MR) is 103 cm³/mol. The molecule has 0 aliphatic heterocycles. The molecule has 0 saturated carbocycles. The molecule has 6 heteroatoms. The van der Waals surface area contributed by atoms with Gasteiger partial charge >= 0.3 is 0 Å². The average Bonchev–Trinajstić information content (AvgIpc) is 3.15. The summed E-state index contributed by atoms with van der Waals surface area (Å²) in [5, 5.41) is 7.48. The average molecular weight is 365 g/mol. The van der Waals surface area contributed by atoms with Crippen molar-refractivity contribution in [2.75, 3.05) is 5.32 Å². The molecule has 1 aromatic carbocycles. The molecule has 0 atom stereocenters. The van der Waals surface area contributed by atoms with Gasteiger partial charge < -0.3 is 9.73 Å². The number of benzene rings is 1. The van der Waals surface area contributed by atoms with Crippen LogP contribution < -0.4 is 5.32 Å². The topological polar surface area (TPSA) is 77.1 Å². The summed E-state index contributed by atoms with van der Waals surface area (Å²) >= 11 is 0. The molecule has 6 nitrogen and oxygen atoms in total. The van der Waals surface area contributed by atoms with Gasteiger partial charge in [-0.2, -0.15) is 5.10 Å². The first kappa shape index (κ1) is 18.6. The quantitative estimate of drug-likeness (QED) is 0.665. The van der Waals surface area contributed by atoms with Crippen LogP contribution in [0.3, 0.4) is 0 Å². The van der Waals surface area contributed by atoms with Crippen LogP contribution in [0.25, 0.3) is 5.69 Å². The van der Waals surface area contributed by atoms with Gasteiger partial charge in [0.15, 0.2) is 5.78 Å². The molecule has 0 spiro atoms. The van der Waals surface area contributed by atoms with Gasteiger partial charge in [0.1, 0.15) is 11.5 Å². The monoisotopic (exact) mass is 365 g/mol. The molecule has 2 aromatic heterocycles. The van der Waals surface area contributed by atoms with E-state index in [2.05, 4.69) is 10.4 Å². The van der Waals surface area contributed by atoms with Crippen LogP contribution in [0.2, 0.25) is 0 Å². The maximum Gasteiger partial charge on any atom is 0.224 e. The van der Waals surface area contributed by atoms with E-state index < -0.39 is 0 Å². The largest absolute Gasteiger partial charge is 0.466 e. The number of Topliss-reactive ketones (excluding diaryl/α,β-unsaturated/α-hetero) is 1. The highest BCUT2D eigenvalue weighted by atomic mass is 16.3. The number of anilines is 1. The van der Waals surface area contributed by atoms with E-state index in [4.69, 9.17) is 4.42 Å². The lowest BCUT2D eigenvalue weighted by molar-refractivity contribution is -0.116. The van der Waals surface area contributed by atoms with Crippen LogP contribution in [0.4, 0.5) is 5.69 Å². The van der Waals surface area contributed by atoms with E-state index in [0.29, 0.717) is 23.5 Å². The SMILES string of the molecule is CC(=O)c1cc(CCC(=O)Nc2c(C)nn(-c3ccccc3)c2C)oc1C. The van der Waals surface area contributed by atoms with Crippen LogP contribution in [0.1, 0.15) is 46.6 Å². The van der Waals surface area contributed by atoms with Crippen molar-refractivity contribution in [3.8, 4) is 5.69 Å². The molecule has 1 amide bonds. The van der Waals surface area contributed by atoms with Crippen molar-refractivity contribution in [1.82, 2.24) is 9.78 Å². The number of hydrogen-bond acceptors (Lipinski definition) is 4. The maximum atomic E-state index is 12.4. The number of nitrogens with zero attached hydrogens (tertiary/aromatic N) is 2. The van der Waals surface area contributed by atoms with E-state index >= 15 is 0 Å². The summed E-state index contributed by atoms with van der Waals surface area (Å²) in [6, 6.07) is 11.5. The normalized spacial score (nSPS) is 10.8. The van der Waals surface area contributed by atoms with Crippen LogP contribution in [-0.2, 0) is 11.2 Å². The molecule has 0 fully saturated rings. The van der Waals surface area contributed by atoms with Gasteiger partial charge in [-0.05, 0) is 45.9 Å². The Bertz CT molecular complexity index is 984. The van der Waals surface area contributed by atoms with Crippen molar-refractivity contribution in [3.63, 3.8) is 0 Å². The second-order valence-corrected chi connectivity index (χ2v) is 6.58. The zero-order chi connectivity index (χ0) is 19.6. The smallest absolute Gasteiger partial charge is 0.224 e. The number of furan rings is 1. The Morgan fingerprint density at radius 1 is 1.15 bits per heavy atom. The molecule has 3 aromatic rings. The number of para-hydroxylation sites is 1. The highest BCUT2D eigenvalue weighted by Gasteiger charge is 2.16. The van der Waals surface area contributed by atoms with Gasteiger partial charge in [0.25, 0.3) is 0 Å². The second kappa shape index (κ2) is 7.61. The number of carbonyl (C=O) groups is 2. The Morgan fingerprint density at radius 3 is 2.48 bits per heavy atom. The third kappa shape index (κ3) is 4.00. The van der Waals surface area contributed by atoms with Gasteiger partial charge in [-0.1, -0.05) is 18.2 Å². The van der Waals surface area contributed by atoms with Gasteiger partial charge in [-0.3, -0.25) is 9.59 Å². The van der Waals surface area contributed by atoms with E-state index in [1.54, 1.807) is 13.0 Å². The van der Waals surface area contributed by atoms with Crippen LogP contribution in [0.15, 0.2) is 40.8 Å². The summed E-state index contributed by atoms with van der Waals surface area (Å²) in [6.07, 6.45) is 0.699. The van der Waals surface area contributed by atoms with Gasteiger partial charge in [-0.15, -0.1) is 0 Å². The summed E-state index contributed by atoms with van der Waals surface area (Å²) in [5.74, 6) is 1.08. The van der Waals surface area contributed by atoms with E-state index in [9.17, 15) is 9.59 Å². The number of nitrogens with one attached hydrogen (secondary N) is 1. The Kier molecular flexibility index (Phi) is 5.26. The van der Waals surface area contributed by atoms with Crippen LogP contribution in [-0.4, -0.2) is 21.5 Å². The van der Waals surface area contributed by atoms with E-state index in [0.717, 1.165) is 22.8 Å². The predicted octanol–water partition coefficient (Wildman–Crippen LogP) is 4.16. The number of aromatic nitrogens is 2. The molecule has 2 heterocycles. The lowest BCUT2D eigenvalue weighted by Gasteiger charge is -2.07. The minimum Gasteiger partial charge on any atom is -0.466 e. The summed E-state index contributed by atoms with van der Waals surface area (Å²) < 4.78 is 7.39. The van der Waals surface area contributed by atoms with E-state index in [1.165, 1.54) is 6.92 Å². The first-order valence-electron chi connectivity index (χ1n) is 8.88. The first-order chi connectivity index (χ1) is 12.9. The molecule has 0 bridgehead atoms. The number of aryl methyl sites for hydroxylation is 3. The minimum absolute atomic E-state index is 0.0356. The molecule has 0 unspecified atom stereocenters. The molecule has 27 heavy (non-hydrogen) atoms. The summed E-state index contributed by atoms with van der Waals surface area (Å²) in [4.78, 5) is 23.9. The third-order valence-electron chi connectivity index (χ3n) is 4.50. The molecule has 0 aliphatic rings. The van der Waals surface area contributed by atoms with Crippen molar-refractivity contribution in [1.29, 1.82) is 0 Å². The molecular formula is C21H23N3O3. The fraction of sp³-hybridized carbons (Fsp3) is 0.286. The van der Waals surface area contributed by atoms with E-state index in [-0.39, 0.29) is 18.1 Å². The summed E-state index contributed by atoms with van der Waals surface area (Å²) in [5.41, 5.74) is 3.88. The Balaban J connectivity index is 1.69.